The van der Waals surface area contributed by atoms with E-state index in [1.54, 1.807) is 7.11 Å². The number of piperidine rings is 2. The van der Waals surface area contributed by atoms with Gasteiger partial charge in [0, 0.05) is 58.1 Å². The predicted octanol–water partition coefficient (Wildman–Crippen LogP) is 1.93. The first kappa shape index (κ1) is 20.1. The van der Waals surface area contributed by atoms with E-state index in [1.807, 2.05) is 15.2 Å². The molecule has 2 aliphatic rings. The summed E-state index contributed by atoms with van der Waals surface area (Å²) in [7, 11) is 1.69. The van der Waals surface area contributed by atoms with E-state index < -0.39 is 0 Å². The minimum absolute atomic E-state index is 0.182. The lowest BCUT2D eigenvalue weighted by molar-refractivity contribution is -0.142. The van der Waals surface area contributed by atoms with Crippen molar-refractivity contribution in [2.75, 3.05) is 45.6 Å². The second kappa shape index (κ2) is 9.01. The third-order valence-electron chi connectivity index (χ3n) is 5.87. The van der Waals surface area contributed by atoms with Crippen molar-refractivity contribution >= 4 is 28.3 Å². The van der Waals surface area contributed by atoms with E-state index in [0.29, 0.717) is 31.0 Å². The van der Waals surface area contributed by atoms with Crippen LogP contribution in [0.1, 0.15) is 44.2 Å². The molecular weight excluding hydrogens is 364 g/mol. The van der Waals surface area contributed by atoms with Gasteiger partial charge in [0.2, 0.25) is 11.8 Å². The van der Waals surface area contributed by atoms with Crippen molar-refractivity contribution in [3.8, 4) is 0 Å². The number of nitrogens with two attached hydrogens (primary N) is 1. The summed E-state index contributed by atoms with van der Waals surface area (Å²) in [6, 6.07) is 0. The molecule has 2 N–H and O–H groups in total. The lowest BCUT2D eigenvalue weighted by Gasteiger charge is -2.47. The molecule has 1 aromatic rings. The predicted molar refractivity (Wildman–Crippen MR) is 105 cm³/mol. The lowest BCUT2D eigenvalue weighted by Crippen LogP contribution is -2.52. The lowest BCUT2D eigenvalue weighted by atomic mass is 9.72. The number of likely N-dealkylation sites (tertiary alicyclic amines) is 2. The zero-order valence-electron chi connectivity index (χ0n) is 16.1. The van der Waals surface area contributed by atoms with Crippen LogP contribution in [0.4, 0.5) is 5.13 Å². The minimum atomic E-state index is 0.182. The van der Waals surface area contributed by atoms with E-state index in [0.717, 1.165) is 57.6 Å². The summed E-state index contributed by atoms with van der Waals surface area (Å²) in [5.74, 6) is 0.457. The SMILES string of the molecule is COCCCN1CC2(CCC1=O)CCN(C(=O)CCc1csc(N)n1)CC2. The Bertz CT molecular complexity index is 655. The molecule has 150 valence electrons. The van der Waals surface area contributed by atoms with Gasteiger partial charge in [-0.1, -0.05) is 0 Å². The standard InChI is InChI=1S/C19H30N4O3S/c1-26-12-2-9-23-14-19(6-5-17(23)25)7-10-22(11-8-19)16(24)4-3-15-13-27-18(20)21-15/h13H,2-12,14H2,1H3,(H2,20,21). The molecule has 2 saturated heterocycles. The zero-order chi connectivity index (χ0) is 19.3. The summed E-state index contributed by atoms with van der Waals surface area (Å²) in [5.41, 5.74) is 6.72. The van der Waals surface area contributed by atoms with Gasteiger partial charge in [-0.15, -0.1) is 11.3 Å². The molecule has 8 heteroatoms. The highest BCUT2D eigenvalue weighted by molar-refractivity contribution is 7.13. The van der Waals surface area contributed by atoms with Crippen molar-refractivity contribution in [3.05, 3.63) is 11.1 Å². The highest BCUT2D eigenvalue weighted by Gasteiger charge is 2.41. The Labute approximate surface area is 164 Å². The second-order valence-electron chi connectivity index (χ2n) is 7.72. The maximum Gasteiger partial charge on any atom is 0.222 e. The third kappa shape index (κ3) is 5.19. The van der Waals surface area contributed by atoms with E-state index in [9.17, 15) is 9.59 Å². The molecular formula is C19H30N4O3S. The van der Waals surface area contributed by atoms with Gasteiger partial charge in [-0.3, -0.25) is 9.59 Å². The van der Waals surface area contributed by atoms with Crippen molar-refractivity contribution in [2.45, 2.75) is 44.9 Å². The van der Waals surface area contributed by atoms with Crippen LogP contribution < -0.4 is 5.73 Å². The summed E-state index contributed by atoms with van der Waals surface area (Å²) in [5, 5.41) is 2.48. The summed E-state index contributed by atoms with van der Waals surface area (Å²) < 4.78 is 5.11. The van der Waals surface area contributed by atoms with Gasteiger partial charge in [0.25, 0.3) is 0 Å². The van der Waals surface area contributed by atoms with Gasteiger partial charge in [-0.25, -0.2) is 4.98 Å². The Morgan fingerprint density at radius 2 is 2.15 bits per heavy atom. The molecule has 3 heterocycles. The monoisotopic (exact) mass is 394 g/mol. The van der Waals surface area contributed by atoms with Crippen LogP contribution in [0.3, 0.4) is 0 Å². The molecule has 2 aliphatic heterocycles. The summed E-state index contributed by atoms with van der Waals surface area (Å²) in [4.78, 5) is 33.0. The summed E-state index contributed by atoms with van der Waals surface area (Å²) in [6.45, 7) is 3.86. The Hall–Kier alpha value is -1.67. The fraction of sp³-hybridized carbons (Fsp3) is 0.737. The normalized spacial score (nSPS) is 19.7. The molecule has 0 atom stereocenters. The number of methoxy groups -OCH3 is 1. The molecule has 1 aromatic heterocycles. The molecule has 2 amide bonds. The summed E-state index contributed by atoms with van der Waals surface area (Å²) >= 11 is 1.42. The van der Waals surface area contributed by atoms with Gasteiger partial charge in [-0.05, 0) is 37.5 Å². The molecule has 0 aromatic carbocycles. The van der Waals surface area contributed by atoms with Crippen molar-refractivity contribution < 1.29 is 14.3 Å². The molecule has 7 nitrogen and oxygen atoms in total. The Morgan fingerprint density at radius 1 is 1.37 bits per heavy atom. The van der Waals surface area contributed by atoms with Crippen molar-refractivity contribution in [2.24, 2.45) is 5.41 Å². The first-order valence-electron chi connectivity index (χ1n) is 9.76. The maximum absolute atomic E-state index is 12.5. The molecule has 3 rings (SSSR count). The first-order valence-corrected chi connectivity index (χ1v) is 10.6. The van der Waals surface area contributed by atoms with Crippen LogP contribution >= 0.6 is 11.3 Å². The zero-order valence-corrected chi connectivity index (χ0v) is 16.9. The second-order valence-corrected chi connectivity index (χ2v) is 8.61. The number of nitrogen functional groups attached to an aromatic ring is 1. The number of hydrogen-bond donors (Lipinski definition) is 1. The smallest absolute Gasteiger partial charge is 0.222 e. The number of thiazole rings is 1. The fourth-order valence-electron chi connectivity index (χ4n) is 4.17. The Morgan fingerprint density at radius 3 is 2.81 bits per heavy atom. The fourth-order valence-corrected chi connectivity index (χ4v) is 4.77. The number of nitrogens with zero attached hydrogens (tertiary/aromatic N) is 3. The first-order chi connectivity index (χ1) is 13.0. The number of amides is 2. The van der Waals surface area contributed by atoms with E-state index in [-0.39, 0.29) is 17.2 Å². The van der Waals surface area contributed by atoms with Crippen LogP contribution in [0, 0.1) is 5.41 Å². The average molecular weight is 395 g/mol. The molecule has 2 fully saturated rings. The Kier molecular flexibility index (Phi) is 6.70. The van der Waals surface area contributed by atoms with E-state index in [2.05, 4.69) is 4.98 Å². The van der Waals surface area contributed by atoms with E-state index >= 15 is 0 Å². The van der Waals surface area contributed by atoms with E-state index in [4.69, 9.17) is 10.5 Å². The van der Waals surface area contributed by atoms with Gasteiger partial charge in [0.05, 0.1) is 5.69 Å². The number of rotatable bonds is 7. The maximum atomic E-state index is 12.5. The van der Waals surface area contributed by atoms with Crippen molar-refractivity contribution in [3.63, 3.8) is 0 Å². The largest absolute Gasteiger partial charge is 0.385 e. The van der Waals surface area contributed by atoms with Crippen LogP contribution in [-0.4, -0.2) is 66.5 Å². The number of carbonyl (C=O) groups is 2. The highest BCUT2D eigenvalue weighted by Crippen LogP contribution is 2.40. The Balaban J connectivity index is 1.47. The highest BCUT2D eigenvalue weighted by atomic mass is 32.1. The van der Waals surface area contributed by atoms with Crippen LogP contribution in [0.25, 0.3) is 0 Å². The molecule has 0 radical (unpaired) electrons. The van der Waals surface area contributed by atoms with E-state index in [1.165, 1.54) is 11.3 Å². The number of aryl methyl sites for hydroxylation is 1. The number of hydrogen-bond acceptors (Lipinski definition) is 6. The topological polar surface area (TPSA) is 88.8 Å². The minimum Gasteiger partial charge on any atom is -0.385 e. The van der Waals surface area contributed by atoms with Gasteiger partial charge in [0.15, 0.2) is 5.13 Å². The van der Waals surface area contributed by atoms with Gasteiger partial charge in [-0.2, -0.15) is 0 Å². The molecule has 0 unspecified atom stereocenters. The molecule has 1 spiro atoms. The quantitative estimate of drug-likeness (QED) is 0.714. The van der Waals surface area contributed by atoms with Crippen molar-refractivity contribution in [1.29, 1.82) is 0 Å². The van der Waals surface area contributed by atoms with Crippen LogP contribution in [0.15, 0.2) is 5.38 Å². The number of ether oxygens (including phenoxy) is 1. The summed E-state index contributed by atoms with van der Waals surface area (Å²) in [6.07, 6.45) is 5.56. The van der Waals surface area contributed by atoms with Crippen molar-refractivity contribution in [1.82, 2.24) is 14.8 Å². The van der Waals surface area contributed by atoms with Gasteiger partial charge >= 0.3 is 0 Å². The molecule has 0 bridgehead atoms. The molecule has 0 saturated carbocycles. The number of carbonyl (C=O) groups excluding carboxylic acids is 2. The molecule has 0 aliphatic carbocycles. The van der Waals surface area contributed by atoms with Crippen LogP contribution in [-0.2, 0) is 20.7 Å². The van der Waals surface area contributed by atoms with Gasteiger partial charge in [0.1, 0.15) is 0 Å². The number of anilines is 1. The molecule has 27 heavy (non-hydrogen) atoms. The third-order valence-corrected chi connectivity index (χ3v) is 6.59. The van der Waals surface area contributed by atoms with Gasteiger partial charge < -0.3 is 20.3 Å². The number of aromatic nitrogens is 1. The van der Waals surface area contributed by atoms with Crippen LogP contribution in [0.2, 0.25) is 0 Å². The average Bonchev–Trinajstić information content (AvgIpc) is 3.09. The van der Waals surface area contributed by atoms with Crippen LogP contribution in [0.5, 0.6) is 0 Å².